The molecule has 3 nitrogen and oxygen atoms in total. The molecule has 0 fully saturated rings. The van der Waals surface area contributed by atoms with E-state index < -0.39 is 0 Å². The van der Waals surface area contributed by atoms with Gasteiger partial charge in [0, 0.05) is 12.1 Å². The average Bonchev–Trinajstić information content (AvgIpc) is 2.56. The standard InChI is InChI=1S/C22H26O3/c1-5-9-17(3)23-19-11-7-13-21(15-19)25-22-14-8-12-20(16-22)24-18(4)10-6-2/h5-18H,1-4H3/b9-5+,10-6+. The van der Waals surface area contributed by atoms with Crippen molar-refractivity contribution in [3.05, 3.63) is 72.8 Å². The molecule has 2 atom stereocenters. The normalized spacial score (nSPS) is 13.8. The molecule has 25 heavy (non-hydrogen) atoms. The Bertz CT molecular complexity index is 657. The number of hydrogen-bond donors (Lipinski definition) is 0. The molecule has 2 aromatic carbocycles. The van der Waals surface area contributed by atoms with Crippen molar-refractivity contribution in [3.8, 4) is 23.0 Å². The van der Waals surface area contributed by atoms with Gasteiger partial charge < -0.3 is 14.2 Å². The first-order chi connectivity index (χ1) is 12.1. The molecule has 0 radical (unpaired) electrons. The van der Waals surface area contributed by atoms with Crippen LogP contribution in [0.4, 0.5) is 0 Å². The summed E-state index contributed by atoms with van der Waals surface area (Å²) in [6.45, 7) is 7.96. The van der Waals surface area contributed by atoms with Crippen molar-refractivity contribution >= 4 is 0 Å². The lowest BCUT2D eigenvalue weighted by Gasteiger charge is -2.14. The van der Waals surface area contributed by atoms with Gasteiger partial charge in [-0.1, -0.05) is 24.3 Å². The number of rotatable bonds is 8. The monoisotopic (exact) mass is 338 g/mol. The van der Waals surface area contributed by atoms with E-state index in [4.69, 9.17) is 14.2 Å². The van der Waals surface area contributed by atoms with E-state index in [9.17, 15) is 0 Å². The van der Waals surface area contributed by atoms with Gasteiger partial charge in [0.2, 0.25) is 0 Å². The average molecular weight is 338 g/mol. The molecular formula is C22H26O3. The minimum absolute atomic E-state index is 0.0186. The zero-order valence-electron chi connectivity index (χ0n) is 15.3. The van der Waals surface area contributed by atoms with Gasteiger partial charge in [0.25, 0.3) is 0 Å². The zero-order valence-corrected chi connectivity index (χ0v) is 15.3. The smallest absolute Gasteiger partial charge is 0.131 e. The Kier molecular flexibility index (Phi) is 7.15. The lowest BCUT2D eigenvalue weighted by Crippen LogP contribution is -2.07. The summed E-state index contributed by atoms with van der Waals surface area (Å²) in [4.78, 5) is 0. The number of benzene rings is 2. The molecule has 0 N–H and O–H groups in total. The van der Waals surface area contributed by atoms with Crippen LogP contribution in [0.25, 0.3) is 0 Å². The highest BCUT2D eigenvalue weighted by atomic mass is 16.5. The number of hydrogen-bond acceptors (Lipinski definition) is 3. The van der Waals surface area contributed by atoms with Crippen molar-refractivity contribution in [2.45, 2.75) is 39.9 Å². The van der Waals surface area contributed by atoms with Crippen LogP contribution in [0.3, 0.4) is 0 Å². The van der Waals surface area contributed by atoms with Crippen LogP contribution < -0.4 is 14.2 Å². The van der Waals surface area contributed by atoms with Crippen LogP contribution in [0, 0.1) is 0 Å². The third-order valence-electron chi connectivity index (χ3n) is 3.42. The largest absolute Gasteiger partial charge is 0.487 e. The highest BCUT2D eigenvalue weighted by Gasteiger charge is 2.05. The van der Waals surface area contributed by atoms with Crippen molar-refractivity contribution < 1.29 is 14.2 Å². The quantitative estimate of drug-likeness (QED) is 0.539. The fraction of sp³-hybridized carbons (Fsp3) is 0.273. The van der Waals surface area contributed by atoms with Gasteiger partial charge in [0.05, 0.1) is 0 Å². The first-order valence-corrected chi connectivity index (χ1v) is 8.57. The second-order valence-corrected chi connectivity index (χ2v) is 5.75. The first-order valence-electron chi connectivity index (χ1n) is 8.57. The van der Waals surface area contributed by atoms with Gasteiger partial charge in [-0.3, -0.25) is 0 Å². The van der Waals surface area contributed by atoms with Gasteiger partial charge in [-0.2, -0.15) is 0 Å². The third kappa shape index (κ3) is 6.38. The molecule has 0 saturated heterocycles. The molecule has 0 aromatic heterocycles. The molecule has 0 spiro atoms. The summed E-state index contributed by atoms with van der Waals surface area (Å²) in [6, 6.07) is 15.3. The molecule has 132 valence electrons. The summed E-state index contributed by atoms with van der Waals surface area (Å²) in [5.41, 5.74) is 0. The number of ether oxygens (including phenoxy) is 3. The van der Waals surface area contributed by atoms with Crippen LogP contribution in [-0.4, -0.2) is 12.2 Å². The molecule has 0 bridgehead atoms. The molecule has 0 aliphatic carbocycles. The zero-order chi connectivity index (χ0) is 18.1. The van der Waals surface area contributed by atoms with Crippen molar-refractivity contribution in [2.24, 2.45) is 0 Å². The lowest BCUT2D eigenvalue weighted by molar-refractivity contribution is 0.267. The minimum Gasteiger partial charge on any atom is -0.487 e. The molecule has 2 aromatic rings. The van der Waals surface area contributed by atoms with Crippen molar-refractivity contribution in [1.29, 1.82) is 0 Å². The lowest BCUT2D eigenvalue weighted by atomic mass is 10.3. The van der Waals surface area contributed by atoms with E-state index in [1.165, 1.54) is 0 Å². The molecule has 3 heteroatoms. The van der Waals surface area contributed by atoms with Crippen LogP contribution in [0.15, 0.2) is 72.8 Å². The van der Waals surface area contributed by atoms with Crippen LogP contribution in [-0.2, 0) is 0 Å². The van der Waals surface area contributed by atoms with Gasteiger partial charge in [-0.25, -0.2) is 0 Å². The maximum atomic E-state index is 5.95. The van der Waals surface area contributed by atoms with Crippen LogP contribution in [0.5, 0.6) is 23.0 Å². The van der Waals surface area contributed by atoms with E-state index >= 15 is 0 Å². The van der Waals surface area contributed by atoms with Crippen LogP contribution in [0.1, 0.15) is 27.7 Å². The van der Waals surface area contributed by atoms with E-state index in [0.29, 0.717) is 0 Å². The summed E-state index contributed by atoms with van der Waals surface area (Å²) in [5, 5.41) is 0. The molecule has 0 aliphatic rings. The molecule has 2 unspecified atom stereocenters. The Morgan fingerprint density at radius 3 is 1.48 bits per heavy atom. The van der Waals surface area contributed by atoms with Crippen molar-refractivity contribution in [3.63, 3.8) is 0 Å². The second kappa shape index (κ2) is 9.58. The Balaban J connectivity index is 2.06. The topological polar surface area (TPSA) is 27.7 Å². The van der Waals surface area contributed by atoms with E-state index in [1.807, 2.05) is 101 Å². The fourth-order valence-electron chi connectivity index (χ4n) is 2.41. The third-order valence-corrected chi connectivity index (χ3v) is 3.42. The maximum absolute atomic E-state index is 5.95. The van der Waals surface area contributed by atoms with Gasteiger partial charge in [0.1, 0.15) is 35.2 Å². The molecule has 0 heterocycles. The summed E-state index contributed by atoms with van der Waals surface area (Å²) >= 11 is 0. The van der Waals surface area contributed by atoms with E-state index in [-0.39, 0.29) is 12.2 Å². The van der Waals surface area contributed by atoms with Crippen LogP contribution >= 0.6 is 0 Å². The SMILES string of the molecule is C/C=C/C(C)Oc1cccc(Oc2cccc(OC(C)/C=C/C)c2)c1. The highest BCUT2D eigenvalue weighted by molar-refractivity contribution is 5.39. The summed E-state index contributed by atoms with van der Waals surface area (Å²) < 4.78 is 17.6. The fourth-order valence-corrected chi connectivity index (χ4v) is 2.41. The first kappa shape index (κ1) is 18.7. The Morgan fingerprint density at radius 2 is 1.08 bits per heavy atom. The molecule has 2 rings (SSSR count). The molecular weight excluding hydrogens is 312 g/mol. The van der Waals surface area contributed by atoms with Gasteiger partial charge in [-0.05, 0) is 64.1 Å². The van der Waals surface area contributed by atoms with Gasteiger partial charge in [0.15, 0.2) is 0 Å². The summed E-state index contributed by atoms with van der Waals surface area (Å²) in [5.74, 6) is 3.00. The Labute approximate surface area is 150 Å². The number of allylic oxidation sites excluding steroid dienone is 2. The van der Waals surface area contributed by atoms with Gasteiger partial charge >= 0.3 is 0 Å². The second-order valence-electron chi connectivity index (χ2n) is 5.75. The minimum atomic E-state index is 0.0186. The molecule has 0 amide bonds. The Hall–Kier alpha value is -2.68. The van der Waals surface area contributed by atoms with Gasteiger partial charge in [-0.15, -0.1) is 0 Å². The molecule has 0 saturated carbocycles. The van der Waals surface area contributed by atoms with Crippen LogP contribution in [0.2, 0.25) is 0 Å². The van der Waals surface area contributed by atoms with E-state index in [1.54, 1.807) is 0 Å². The molecule has 0 aliphatic heterocycles. The summed E-state index contributed by atoms with van der Waals surface area (Å²) in [7, 11) is 0. The van der Waals surface area contributed by atoms with E-state index in [2.05, 4.69) is 0 Å². The van der Waals surface area contributed by atoms with Crippen molar-refractivity contribution in [2.75, 3.05) is 0 Å². The highest BCUT2D eigenvalue weighted by Crippen LogP contribution is 2.28. The van der Waals surface area contributed by atoms with Crippen molar-refractivity contribution in [1.82, 2.24) is 0 Å². The van der Waals surface area contributed by atoms with E-state index in [0.717, 1.165) is 23.0 Å². The Morgan fingerprint density at radius 1 is 0.680 bits per heavy atom. The summed E-state index contributed by atoms with van der Waals surface area (Å²) in [6.07, 6.45) is 7.99. The predicted octanol–water partition coefficient (Wildman–Crippen LogP) is 6.17. The predicted molar refractivity (Wildman–Crippen MR) is 103 cm³/mol. The maximum Gasteiger partial charge on any atom is 0.131 e.